The average Bonchev–Trinajstić information content (AvgIpc) is 2.57. The molecule has 24 heavy (non-hydrogen) atoms. The molecule has 1 rings (SSSR count). The summed E-state index contributed by atoms with van der Waals surface area (Å²) in [6.07, 6.45) is 0.119. The second kappa shape index (κ2) is 10.9. The van der Waals surface area contributed by atoms with Crippen molar-refractivity contribution < 1.29 is 19.1 Å². The van der Waals surface area contributed by atoms with E-state index in [0.717, 1.165) is 5.56 Å². The number of nitrogens with one attached hydrogen (secondary N) is 2. The topological polar surface area (TPSA) is 96.9 Å². The molecule has 0 spiro atoms. The van der Waals surface area contributed by atoms with Crippen LogP contribution >= 0.6 is 0 Å². The van der Waals surface area contributed by atoms with Crippen LogP contribution in [0.5, 0.6) is 0 Å². The van der Waals surface area contributed by atoms with Crippen molar-refractivity contribution in [2.75, 3.05) is 6.61 Å². The van der Waals surface area contributed by atoms with Crippen LogP contribution in [0.25, 0.3) is 0 Å². The molecule has 0 unspecified atom stereocenters. The molecule has 130 valence electrons. The molecule has 0 fully saturated rings. The fourth-order valence-electron chi connectivity index (χ4n) is 1.79. The molecule has 2 amide bonds. The van der Waals surface area contributed by atoms with E-state index in [2.05, 4.69) is 15.8 Å². The zero-order valence-corrected chi connectivity index (χ0v) is 14.0. The second-order valence-electron chi connectivity index (χ2n) is 5.13. The Morgan fingerprint density at radius 3 is 2.42 bits per heavy atom. The van der Waals surface area contributed by atoms with E-state index >= 15 is 0 Å². The van der Waals surface area contributed by atoms with Crippen molar-refractivity contribution >= 4 is 23.5 Å². The number of carbonyl (C=O) groups excluding carboxylic acids is 3. The van der Waals surface area contributed by atoms with Crippen LogP contribution in [0.3, 0.4) is 0 Å². The Balaban J connectivity index is 2.23. The lowest BCUT2D eigenvalue weighted by Crippen LogP contribution is -2.26. The Hall–Kier alpha value is -2.70. The number of carbonyl (C=O) groups is 3. The van der Waals surface area contributed by atoms with Crippen LogP contribution in [0.4, 0.5) is 0 Å². The molecule has 0 aliphatic carbocycles. The molecule has 0 aliphatic rings. The molecule has 0 saturated heterocycles. The van der Waals surface area contributed by atoms with E-state index < -0.39 is 5.97 Å². The van der Waals surface area contributed by atoms with Gasteiger partial charge in [0.25, 0.3) is 0 Å². The van der Waals surface area contributed by atoms with Crippen LogP contribution < -0.4 is 10.7 Å². The monoisotopic (exact) mass is 333 g/mol. The maximum absolute atomic E-state index is 11.7. The van der Waals surface area contributed by atoms with Gasteiger partial charge in [0.05, 0.1) is 13.0 Å². The van der Waals surface area contributed by atoms with E-state index in [1.54, 1.807) is 13.8 Å². The van der Waals surface area contributed by atoms with Gasteiger partial charge in [0.2, 0.25) is 11.8 Å². The van der Waals surface area contributed by atoms with Gasteiger partial charge in [-0.2, -0.15) is 5.10 Å². The van der Waals surface area contributed by atoms with Crippen molar-refractivity contribution in [1.82, 2.24) is 10.7 Å². The first kappa shape index (κ1) is 19.3. The number of amides is 2. The van der Waals surface area contributed by atoms with E-state index in [1.165, 1.54) is 0 Å². The van der Waals surface area contributed by atoms with E-state index in [-0.39, 0.29) is 31.1 Å². The fraction of sp³-hybridized carbons (Fsp3) is 0.412. The van der Waals surface area contributed by atoms with Crippen molar-refractivity contribution in [1.29, 1.82) is 0 Å². The number of esters is 1. The van der Waals surface area contributed by atoms with Crippen LogP contribution in [0.2, 0.25) is 0 Å². The molecular weight excluding hydrogens is 310 g/mol. The van der Waals surface area contributed by atoms with E-state index in [4.69, 9.17) is 4.74 Å². The molecule has 7 nitrogen and oxygen atoms in total. The molecule has 0 atom stereocenters. The van der Waals surface area contributed by atoms with Gasteiger partial charge >= 0.3 is 5.97 Å². The van der Waals surface area contributed by atoms with Crippen molar-refractivity contribution in [3.8, 4) is 0 Å². The van der Waals surface area contributed by atoms with Gasteiger partial charge in [-0.3, -0.25) is 14.4 Å². The number of hydrazone groups is 1. The average molecular weight is 333 g/mol. The molecule has 0 aliphatic heterocycles. The van der Waals surface area contributed by atoms with Gasteiger partial charge in [0, 0.05) is 25.1 Å². The van der Waals surface area contributed by atoms with Crippen molar-refractivity contribution in [2.24, 2.45) is 5.10 Å². The summed E-state index contributed by atoms with van der Waals surface area (Å²) >= 11 is 0. The summed E-state index contributed by atoms with van der Waals surface area (Å²) in [5, 5.41) is 6.55. The first-order chi connectivity index (χ1) is 11.5. The van der Waals surface area contributed by atoms with Gasteiger partial charge in [0.15, 0.2) is 0 Å². The Kier molecular flexibility index (Phi) is 8.81. The summed E-state index contributed by atoms with van der Waals surface area (Å²) in [5.74, 6) is -0.984. The predicted octanol–water partition coefficient (Wildman–Crippen LogP) is 1.53. The highest BCUT2D eigenvalue weighted by molar-refractivity contribution is 5.98. The third-order valence-electron chi connectivity index (χ3n) is 2.99. The van der Waals surface area contributed by atoms with Gasteiger partial charge in [-0.15, -0.1) is 0 Å². The molecule has 0 radical (unpaired) electrons. The number of benzene rings is 1. The van der Waals surface area contributed by atoms with Gasteiger partial charge in [0.1, 0.15) is 0 Å². The van der Waals surface area contributed by atoms with Crippen LogP contribution in [0.1, 0.15) is 38.7 Å². The molecule has 2 N–H and O–H groups in total. The fourth-order valence-corrected chi connectivity index (χ4v) is 1.79. The zero-order chi connectivity index (χ0) is 17.8. The van der Waals surface area contributed by atoms with Gasteiger partial charge in [-0.1, -0.05) is 30.3 Å². The molecule has 0 saturated carbocycles. The lowest BCUT2D eigenvalue weighted by molar-refractivity contribution is -0.141. The minimum atomic E-state index is -0.395. The summed E-state index contributed by atoms with van der Waals surface area (Å²) in [6.45, 7) is 4.06. The minimum Gasteiger partial charge on any atom is -0.466 e. The maximum atomic E-state index is 11.7. The molecule has 0 heterocycles. The van der Waals surface area contributed by atoms with E-state index in [1.807, 2.05) is 30.3 Å². The normalized spacial score (nSPS) is 10.8. The Bertz CT molecular complexity index is 585. The molecular formula is C17H23N3O4. The summed E-state index contributed by atoms with van der Waals surface area (Å²) < 4.78 is 4.78. The number of nitrogens with zero attached hydrogens (tertiary/aromatic N) is 1. The van der Waals surface area contributed by atoms with Gasteiger partial charge in [-0.05, 0) is 19.4 Å². The Morgan fingerprint density at radius 2 is 1.75 bits per heavy atom. The van der Waals surface area contributed by atoms with Gasteiger partial charge < -0.3 is 10.1 Å². The second-order valence-corrected chi connectivity index (χ2v) is 5.13. The first-order valence-electron chi connectivity index (χ1n) is 7.79. The SMILES string of the molecule is CCOC(=O)C/C(C)=N/NC(=O)CCC(=O)NCc1ccccc1. The maximum Gasteiger partial charge on any atom is 0.311 e. The summed E-state index contributed by atoms with van der Waals surface area (Å²) in [4.78, 5) is 34.5. The number of rotatable bonds is 9. The number of hydrogen-bond donors (Lipinski definition) is 2. The highest BCUT2D eigenvalue weighted by atomic mass is 16.5. The van der Waals surface area contributed by atoms with Crippen molar-refractivity contribution in [3.63, 3.8) is 0 Å². The lowest BCUT2D eigenvalue weighted by atomic mass is 10.2. The molecule has 1 aromatic carbocycles. The Morgan fingerprint density at radius 1 is 1.08 bits per heavy atom. The highest BCUT2D eigenvalue weighted by Crippen LogP contribution is 1.98. The largest absolute Gasteiger partial charge is 0.466 e. The lowest BCUT2D eigenvalue weighted by Gasteiger charge is -2.05. The van der Waals surface area contributed by atoms with Crippen LogP contribution in [-0.4, -0.2) is 30.1 Å². The third kappa shape index (κ3) is 8.67. The molecule has 0 bridgehead atoms. The van der Waals surface area contributed by atoms with E-state index in [9.17, 15) is 14.4 Å². The smallest absolute Gasteiger partial charge is 0.311 e. The van der Waals surface area contributed by atoms with Crippen LogP contribution in [0, 0.1) is 0 Å². The van der Waals surface area contributed by atoms with E-state index in [0.29, 0.717) is 18.9 Å². The summed E-state index contributed by atoms with van der Waals surface area (Å²) in [7, 11) is 0. The highest BCUT2D eigenvalue weighted by Gasteiger charge is 2.08. The van der Waals surface area contributed by atoms with Gasteiger partial charge in [-0.25, -0.2) is 5.43 Å². The summed E-state index contributed by atoms with van der Waals surface area (Å²) in [5.41, 5.74) is 3.76. The number of ether oxygens (including phenoxy) is 1. The third-order valence-corrected chi connectivity index (χ3v) is 2.99. The van der Waals surface area contributed by atoms with Crippen LogP contribution in [0.15, 0.2) is 35.4 Å². The summed E-state index contributed by atoms with van der Waals surface area (Å²) in [6, 6.07) is 9.51. The minimum absolute atomic E-state index is 0.0195. The van der Waals surface area contributed by atoms with Crippen LogP contribution in [-0.2, 0) is 25.7 Å². The zero-order valence-electron chi connectivity index (χ0n) is 14.0. The quantitative estimate of drug-likeness (QED) is 0.407. The number of hydrogen-bond acceptors (Lipinski definition) is 5. The standard InChI is InChI=1S/C17H23N3O4/c1-3-24-17(23)11-13(2)19-20-16(22)10-9-15(21)18-12-14-7-5-4-6-8-14/h4-8H,3,9-12H2,1-2H3,(H,18,21)(H,20,22)/b19-13+. The molecule has 0 aromatic heterocycles. The molecule has 7 heteroatoms. The predicted molar refractivity (Wildman–Crippen MR) is 90.0 cm³/mol. The first-order valence-corrected chi connectivity index (χ1v) is 7.79. The molecule has 1 aromatic rings. The van der Waals surface area contributed by atoms with Crippen molar-refractivity contribution in [3.05, 3.63) is 35.9 Å². The Labute approximate surface area is 141 Å². The van der Waals surface area contributed by atoms with Crippen molar-refractivity contribution in [2.45, 2.75) is 39.7 Å².